The fraction of sp³-hybridized carbons (Fsp3) is 0.700. The number of aromatic nitrogens is 3. The second kappa shape index (κ2) is 86.1. The quantitative estimate of drug-likeness (QED) is 0.00868. The fourth-order valence-corrected chi connectivity index (χ4v) is 13.4. The molecule has 0 fully saturated rings. The van der Waals surface area contributed by atoms with Crippen molar-refractivity contribution >= 4 is 55.8 Å². The van der Waals surface area contributed by atoms with Crippen molar-refractivity contribution in [3.63, 3.8) is 0 Å². The van der Waals surface area contributed by atoms with E-state index in [0.29, 0.717) is 127 Å². The fourth-order valence-electron chi connectivity index (χ4n) is 12.9. The van der Waals surface area contributed by atoms with Gasteiger partial charge in [0.25, 0.3) is 0 Å². The highest BCUT2D eigenvalue weighted by Crippen LogP contribution is 2.45. The predicted molar refractivity (Wildman–Crippen MR) is 559 cm³/mol. The van der Waals surface area contributed by atoms with Crippen molar-refractivity contribution in [1.82, 2.24) is 18.6 Å². The zero-order valence-electron chi connectivity index (χ0n) is 87.5. The van der Waals surface area contributed by atoms with Gasteiger partial charge in [0.2, 0.25) is 0 Å². The molecule has 848 valence electrons. The third-order valence-electron chi connectivity index (χ3n) is 22.5. The molecule has 4 atom stereocenters. The molecule has 24 N–H and O–H groups in total. The van der Waals surface area contributed by atoms with Crippen LogP contribution in [-0.4, -0.2) is 412 Å². The van der Waals surface area contributed by atoms with E-state index < -0.39 is 90.0 Å². The maximum absolute atomic E-state index is 11.8. The first-order valence-corrected chi connectivity index (χ1v) is 50.5. The Balaban J connectivity index is -0.000000799. The second-order valence-corrected chi connectivity index (χ2v) is 36.1. The molecule has 5 rings (SSSR count). The zero-order valence-corrected chi connectivity index (χ0v) is 90.2. The summed E-state index contributed by atoms with van der Waals surface area (Å²) in [6.45, 7) is 27.5. The molecule has 0 spiro atoms. The molecule has 0 radical (unpaired) electrons. The van der Waals surface area contributed by atoms with E-state index in [-0.39, 0.29) is 211 Å². The molecule has 5 aromatic rings. The first kappa shape index (κ1) is 145. The first-order chi connectivity index (χ1) is 69.3. The maximum atomic E-state index is 11.8. The average molecular weight is 2150 g/mol. The Morgan fingerprint density at radius 2 is 0.664 bits per heavy atom. The van der Waals surface area contributed by atoms with Crippen LogP contribution in [0.5, 0.6) is 34.5 Å². The van der Waals surface area contributed by atoms with Crippen LogP contribution >= 0.6 is 37.9 Å². The number of phenols is 6. The Morgan fingerprint density at radius 3 is 0.904 bits per heavy atom. The molecule has 0 amide bonds. The lowest BCUT2D eigenvalue weighted by Gasteiger charge is -2.32. The van der Waals surface area contributed by atoms with E-state index in [4.69, 9.17) is 135 Å². The first-order valence-electron chi connectivity index (χ1n) is 48.6. The van der Waals surface area contributed by atoms with Gasteiger partial charge in [0.15, 0.2) is 0 Å². The minimum atomic E-state index is -0.887. The van der Waals surface area contributed by atoms with Crippen molar-refractivity contribution in [2.45, 2.75) is 204 Å². The number of aromatic hydroxyl groups is 6. The number of carbonyl (C=O) groups excluding carboxylic acids is 3. The molecule has 46 heteroatoms. The Hall–Kier alpha value is -7.45. The number of phenolic OH excluding ortho intramolecular Hbond substituents is 6. The minimum absolute atomic E-state index is 0.00157. The second-order valence-electron chi connectivity index (χ2n) is 34.7. The number of unbranched alkanes of at least 4 members (excludes halogenated alkanes) is 1. The van der Waals surface area contributed by atoms with Crippen LogP contribution in [-0.2, 0) is 76.6 Å². The summed E-state index contributed by atoms with van der Waals surface area (Å²) < 4.78 is 50.4. The van der Waals surface area contributed by atoms with Crippen molar-refractivity contribution in [2.24, 2.45) is 21.7 Å². The molecule has 0 aliphatic carbocycles. The van der Waals surface area contributed by atoms with Gasteiger partial charge in [0.1, 0.15) is 54.3 Å². The number of hydrogen-bond donors (Lipinski definition) is 27. The van der Waals surface area contributed by atoms with Gasteiger partial charge in [-0.05, 0) is 158 Å². The van der Waals surface area contributed by atoms with E-state index in [1.54, 1.807) is 31.7 Å². The summed E-state index contributed by atoms with van der Waals surface area (Å²) in [5.41, 5.74) is 3.45. The third kappa shape index (κ3) is 60.6. The molecular weight excluding hydrogens is 1980 g/mol. The van der Waals surface area contributed by atoms with E-state index in [2.05, 4.69) is 37.9 Å². The molecule has 0 aliphatic rings. The lowest BCUT2D eigenvalue weighted by molar-refractivity contribution is -0.161. The number of esters is 3. The zero-order chi connectivity index (χ0) is 112. The van der Waals surface area contributed by atoms with Crippen LogP contribution < -0.4 is 17.1 Å². The van der Waals surface area contributed by atoms with E-state index in [0.717, 1.165) is 87.5 Å². The minimum Gasteiger partial charge on any atom is -0.508 e. The molecule has 4 aromatic carbocycles. The van der Waals surface area contributed by atoms with Gasteiger partial charge in [0, 0.05) is 89.4 Å². The van der Waals surface area contributed by atoms with Crippen LogP contribution in [0, 0.1) is 63.2 Å². The summed E-state index contributed by atoms with van der Waals surface area (Å²) in [5.74, 6) is 0.161. The molecule has 0 aliphatic heterocycles. The van der Waals surface area contributed by atoms with Gasteiger partial charge >= 0.3 is 35.0 Å². The number of hydrogen-bond acceptors (Lipinski definition) is 43. The van der Waals surface area contributed by atoms with Crippen LogP contribution in [0.15, 0.2) is 69.0 Å². The van der Waals surface area contributed by atoms with Crippen molar-refractivity contribution in [1.29, 1.82) is 0 Å². The molecule has 1 heterocycles. The van der Waals surface area contributed by atoms with Gasteiger partial charge in [-0.25, -0.2) is 28.1 Å². The van der Waals surface area contributed by atoms with Gasteiger partial charge in [-0.1, -0.05) is 58.0 Å². The van der Waals surface area contributed by atoms with Crippen LogP contribution in [0.25, 0.3) is 0 Å². The topological polar surface area (TPSA) is 689 Å². The number of thiol groups is 3. The summed E-state index contributed by atoms with van der Waals surface area (Å²) >= 11 is 11.9. The highest BCUT2D eigenvalue weighted by molar-refractivity contribution is 7.80. The summed E-state index contributed by atoms with van der Waals surface area (Å²) in [5, 5.41) is 215. The Labute approximate surface area is 874 Å². The molecule has 0 saturated carbocycles. The number of benzene rings is 4. The van der Waals surface area contributed by atoms with Crippen molar-refractivity contribution in [2.75, 3.05) is 228 Å². The Bertz CT molecular complexity index is 4010. The van der Waals surface area contributed by atoms with Gasteiger partial charge in [0.05, 0.1) is 234 Å². The Morgan fingerprint density at radius 1 is 0.370 bits per heavy atom. The third-order valence-corrected chi connectivity index (χ3v) is 23.2. The van der Waals surface area contributed by atoms with Crippen molar-refractivity contribution in [3.05, 3.63) is 136 Å². The van der Waals surface area contributed by atoms with Gasteiger partial charge in [-0.15, -0.1) is 0 Å². The number of aliphatic hydroxyl groups is 18. The average Bonchev–Trinajstić information content (AvgIpc) is 0.749. The van der Waals surface area contributed by atoms with Gasteiger partial charge < -0.3 is 165 Å². The molecule has 1 aromatic heterocycles. The van der Waals surface area contributed by atoms with E-state index in [1.165, 1.54) is 0 Å². The monoisotopic (exact) mass is 2150 g/mol. The molecule has 4 unspecified atom stereocenters. The lowest BCUT2D eigenvalue weighted by atomic mass is 9.78. The van der Waals surface area contributed by atoms with Crippen molar-refractivity contribution in [3.8, 4) is 34.5 Å². The highest BCUT2D eigenvalue weighted by atomic mass is 32.1. The van der Waals surface area contributed by atoms with Crippen LogP contribution in [0.3, 0.4) is 0 Å². The predicted octanol–water partition coefficient (Wildman–Crippen LogP) is 1.87. The summed E-state index contributed by atoms with van der Waals surface area (Å²) in [4.78, 5) is 71.9. The maximum Gasteiger partial charge on any atom is 0.336 e. The lowest BCUT2D eigenvalue weighted by Crippen LogP contribution is -2.55. The van der Waals surface area contributed by atoms with Crippen molar-refractivity contribution < 1.29 is 180 Å². The number of para-hydroxylation sites is 1. The standard InChI is InChI=1S/C25H28O3.C15H26O6S3.C15H32O6.C12H26O6.C9H15N3O6.C6H15NO3.C6H6O3.2C6H14O3/c1-13-11-20(15(3)17(5)24(13)27)23(19-9-7-8-10-22(19)26)21-12-14(2)25(28)18(6)16(21)4;1-2-15(9-19-12(16)3-6-22,10-20-13(17)4-7-23)11-21-14(18)5-8-24;1-5-15(9-19-6-12(2)16,10-20-7-13(3)17)11-21-8-14(4)18;1-2-12(9-16-6-3-13,10-17-7-4-14)11-18-8-5-15;13-4-1-10-7(16)11(2-5-14)9(18)12(3-6-15)8(10)17;8-4-1-7(2-5-9)3-6-10;7-4-1-5(8)3-6(9)2-4;1-2-6(3-7,4-8)5-9;7-4-2-1-3-6(9)5-8/h7-12,23,26-28H,1-6H3;22-24H,2-11H2,1H3;12-14,16-18H,5-11H2,1-4H3;13-15H,2-11H2,1H3;13-15H,1-6H2;8-10H,1-6H2;1-3,7-9H;7-9H,2-5H2,1H3;6-9H,1-5H2. The highest BCUT2D eigenvalue weighted by Gasteiger charge is 2.36. The number of aryl methyl sites for hydroxylation is 2. The van der Waals surface area contributed by atoms with Crippen LogP contribution in [0.2, 0.25) is 0 Å². The number of nitrogens with zero attached hydrogens (tertiary/aromatic N) is 4. The largest absolute Gasteiger partial charge is 0.508 e. The van der Waals surface area contributed by atoms with E-state index in [9.17, 15) is 59.4 Å². The Kier molecular flexibility index (Phi) is 85.4. The summed E-state index contributed by atoms with van der Waals surface area (Å²) in [6, 6.07) is 14.8. The van der Waals surface area contributed by atoms with Crippen LogP contribution in [0.1, 0.15) is 169 Å². The summed E-state index contributed by atoms with van der Waals surface area (Å²) in [7, 11) is 0. The summed E-state index contributed by atoms with van der Waals surface area (Å²) in [6.07, 6.45) is 3.11. The SMILES string of the molecule is CCC(CO)(CO)CO.CCC(COC(=O)CCS)(COC(=O)CCS)COC(=O)CCS.CCC(COCC(C)O)(COCC(C)O)COCC(C)O.CCC(COCCO)(COCCO)COCCO.Cc1cc(C(c2ccccc2O)c2cc(C)c(O)c(C)c2C)c(C)c(C)c1O.O=c1n(CCO)c(=O)n(CCO)c(=O)n1CCO.OCCCCC(O)CO.OCCN(CCO)CCO.Oc1cc(O)cc(O)c1. The number of carbonyl (C=O) groups is 3. The number of rotatable bonds is 63. The smallest absolute Gasteiger partial charge is 0.336 e. The number of aliphatic hydroxyl groups excluding tert-OH is 18. The van der Waals surface area contributed by atoms with Crippen LogP contribution in [0.4, 0.5) is 0 Å². The molecule has 43 nitrogen and oxygen atoms in total. The number of ether oxygens (including phenoxy) is 9. The van der Waals surface area contributed by atoms with Gasteiger partial charge in [-0.2, -0.15) is 37.9 Å². The normalized spacial score (nSPS) is 12.4. The molecule has 146 heavy (non-hydrogen) atoms. The van der Waals surface area contributed by atoms with E-state index >= 15 is 0 Å². The van der Waals surface area contributed by atoms with E-state index in [1.807, 2.05) is 99.6 Å². The molecular formula is C100H176N4O39S3. The molecule has 0 saturated heterocycles. The van der Waals surface area contributed by atoms with Gasteiger partial charge in [-0.3, -0.25) is 19.3 Å². The molecule has 0 bridgehead atoms.